The molecule has 1 fully saturated rings. The standard InChI is InChI=1S/C24H20FN5O2/c1-32-20-10-16(14-4-2-6-18(25)8-14)9-19-21(20)28-23(15-5-3-7-27-11-15)29-24(19)30-12-17(13-30)22(26)31/h2-11,17H,12-13H2,1H3,(H2,26,31). The maximum Gasteiger partial charge on any atom is 0.224 e. The van der Waals surface area contributed by atoms with Gasteiger partial charge in [0.05, 0.1) is 13.0 Å². The number of rotatable bonds is 5. The first-order chi connectivity index (χ1) is 15.5. The molecule has 0 bridgehead atoms. The molecule has 0 radical (unpaired) electrons. The van der Waals surface area contributed by atoms with Crippen LogP contribution in [0.3, 0.4) is 0 Å². The first-order valence-corrected chi connectivity index (χ1v) is 10.1. The predicted molar refractivity (Wildman–Crippen MR) is 120 cm³/mol. The lowest BCUT2D eigenvalue weighted by Crippen LogP contribution is -2.53. The number of pyridine rings is 1. The minimum Gasteiger partial charge on any atom is -0.494 e. The van der Waals surface area contributed by atoms with Gasteiger partial charge in [0.25, 0.3) is 0 Å². The van der Waals surface area contributed by atoms with Crippen LogP contribution in [0.25, 0.3) is 33.4 Å². The molecular formula is C24H20FN5O2. The summed E-state index contributed by atoms with van der Waals surface area (Å²) in [4.78, 5) is 27.3. The summed E-state index contributed by atoms with van der Waals surface area (Å²) in [6.45, 7) is 0.945. The van der Waals surface area contributed by atoms with E-state index in [1.165, 1.54) is 12.1 Å². The molecule has 0 spiro atoms. The van der Waals surface area contributed by atoms with E-state index in [1.54, 1.807) is 25.6 Å². The number of hydrogen-bond acceptors (Lipinski definition) is 6. The van der Waals surface area contributed by atoms with E-state index in [0.29, 0.717) is 41.6 Å². The van der Waals surface area contributed by atoms with E-state index in [9.17, 15) is 9.18 Å². The highest BCUT2D eigenvalue weighted by atomic mass is 19.1. The molecule has 32 heavy (non-hydrogen) atoms. The third-order valence-corrected chi connectivity index (χ3v) is 5.63. The van der Waals surface area contributed by atoms with Crippen molar-refractivity contribution in [2.75, 3.05) is 25.1 Å². The molecule has 0 atom stereocenters. The second-order valence-electron chi connectivity index (χ2n) is 7.70. The molecule has 1 aliphatic heterocycles. The van der Waals surface area contributed by atoms with Gasteiger partial charge in [0, 0.05) is 36.4 Å². The SMILES string of the molecule is COc1cc(-c2cccc(F)c2)cc2c(N3CC(C(N)=O)C3)nc(-c3cccnc3)nc12. The maximum atomic E-state index is 13.9. The van der Waals surface area contributed by atoms with Crippen LogP contribution in [-0.2, 0) is 4.79 Å². The number of amides is 1. The van der Waals surface area contributed by atoms with Gasteiger partial charge >= 0.3 is 0 Å². The van der Waals surface area contributed by atoms with Gasteiger partial charge in [0.1, 0.15) is 22.9 Å². The van der Waals surface area contributed by atoms with Gasteiger partial charge in [-0.2, -0.15) is 0 Å². The van der Waals surface area contributed by atoms with Crippen LogP contribution in [0.4, 0.5) is 10.2 Å². The number of carbonyl (C=O) groups excluding carboxylic acids is 1. The third-order valence-electron chi connectivity index (χ3n) is 5.63. The van der Waals surface area contributed by atoms with Gasteiger partial charge in [0.15, 0.2) is 5.82 Å². The molecule has 1 amide bonds. The van der Waals surface area contributed by atoms with Crippen molar-refractivity contribution in [3.8, 4) is 28.3 Å². The maximum absolute atomic E-state index is 13.9. The molecule has 2 N–H and O–H groups in total. The zero-order chi connectivity index (χ0) is 22.2. The van der Waals surface area contributed by atoms with E-state index in [1.807, 2.05) is 35.2 Å². The van der Waals surface area contributed by atoms with E-state index in [0.717, 1.165) is 16.5 Å². The molecule has 4 aromatic rings. The van der Waals surface area contributed by atoms with Crippen molar-refractivity contribution in [1.82, 2.24) is 15.0 Å². The van der Waals surface area contributed by atoms with Crippen molar-refractivity contribution in [1.29, 1.82) is 0 Å². The first-order valence-electron chi connectivity index (χ1n) is 10.1. The molecule has 7 nitrogen and oxygen atoms in total. The van der Waals surface area contributed by atoms with Gasteiger partial charge in [-0.1, -0.05) is 12.1 Å². The van der Waals surface area contributed by atoms with Crippen molar-refractivity contribution >= 4 is 22.6 Å². The minimum absolute atomic E-state index is 0.227. The molecule has 0 saturated carbocycles. The van der Waals surface area contributed by atoms with Crippen LogP contribution in [0.5, 0.6) is 5.75 Å². The Hall–Kier alpha value is -4.07. The number of primary amides is 1. The number of nitrogens with zero attached hydrogens (tertiary/aromatic N) is 4. The number of methoxy groups -OCH3 is 1. The molecule has 0 unspecified atom stereocenters. The topological polar surface area (TPSA) is 94.2 Å². The number of fused-ring (bicyclic) bond motifs is 1. The van der Waals surface area contributed by atoms with Crippen LogP contribution in [0, 0.1) is 11.7 Å². The second-order valence-corrected chi connectivity index (χ2v) is 7.70. The Morgan fingerprint density at radius 2 is 1.91 bits per heavy atom. The Balaban J connectivity index is 1.73. The molecule has 1 aliphatic rings. The number of benzene rings is 2. The molecule has 2 aromatic carbocycles. The Bertz CT molecular complexity index is 1320. The van der Waals surface area contributed by atoms with E-state index < -0.39 is 0 Å². The van der Waals surface area contributed by atoms with Crippen molar-refractivity contribution in [2.24, 2.45) is 11.7 Å². The molecule has 1 saturated heterocycles. The number of carbonyl (C=O) groups is 1. The fourth-order valence-electron chi connectivity index (χ4n) is 3.87. The molecule has 0 aliphatic carbocycles. The van der Waals surface area contributed by atoms with E-state index in [-0.39, 0.29) is 17.6 Å². The lowest BCUT2D eigenvalue weighted by molar-refractivity contribution is -0.122. The summed E-state index contributed by atoms with van der Waals surface area (Å²) in [7, 11) is 1.57. The Kier molecular flexibility index (Phi) is 4.89. The number of anilines is 1. The predicted octanol–water partition coefficient (Wildman–Crippen LogP) is 3.43. The first kappa shape index (κ1) is 19.9. The molecular weight excluding hydrogens is 409 g/mol. The van der Waals surface area contributed by atoms with Crippen molar-refractivity contribution in [3.63, 3.8) is 0 Å². The molecule has 5 rings (SSSR count). The summed E-state index contributed by atoms with van der Waals surface area (Å²) >= 11 is 0. The van der Waals surface area contributed by atoms with Crippen molar-refractivity contribution < 1.29 is 13.9 Å². The quantitative estimate of drug-likeness (QED) is 0.522. The number of aromatic nitrogens is 3. The summed E-state index contributed by atoms with van der Waals surface area (Å²) < 4.78 is 19.5. The zero-order valence-electron chi connectivity index (χ0n) is 17.3. The van der Waals surface area contributed by atoms with Crippen LogP contribution in [0.15, 0.2) is 60.9 Å². The monoisotopic (exact) mass is 429 g/mol. The fraction of sp³-hybridized carbons (Fsp3) is 0.167. The van der Waals surface area contributed by atoms with E-state index in [4.69, 9.17) is 20.4 Å². The van der Waals surface area contributed by atoms with Crippen molar-refractivity contribution in [3.05, 3.63) is 66.7 Å². The van der Waals surface area contributed by atoms with Crippen LogP contribution in [-0.4, -0.2) is 41.1 Å². The average Bonchev–Trinajstić information content (AvgIpc) is 2.77. The number of hydrogen-bond donors (Lipinski definition) is 1. The highest BCUT2D eigenvalue weighted by Gasteiger charge is 2.33. The van der Waals surface area contributed by atoms with Gasteiger partial charge in [-0.3, -0.25) is 9.78 Å². The normalized spacial score (nSPS) is 13.8. The number of nitrogens with two attached hydrogens (primary N) is 1. The van der Waals surface area contributed by atoms with Gasteiger partial charge in [0.2, 0.25) is 5.91 Å². The number of halogens is 1. The summed E-state index contributed by atoms with van der Waals surface area (Å²) in [6.07, 6.45) is 3.38. The van der Waals surface area contributed by atoms with Crippen LogP contribution >= 0.6 is 0 Å². The largest absolute Gasteiger partial charge is 0.494 e. The molecule has 3 heterocycles. The van der Waals surface area contributed by atoms with Crippen LogP contribution in [0.2, 0.25) is 0 Å². The summed E-state index contributed by atoms with van der Waals surface area (Å²) in [5.41, 5.74) is 8.35. The van der Waals surface area contributed by atoms with Crippen molar-refractivity contribution in [2.45, 2.75) is 0 Å². The van der Waals surface area contributed by atoms with Gasteiger partial charge in [-0.15, -0.1) is 0 Å². The Morgan fingerprint density at radius 1 is 1.09 bits per heavy atom. The second kappa shape index (κ2) is 7.88. The molecule has 160 valence electrons. The highest BCUT2D eigenvalue weighted by molar-refractivity contribution is 5.99. The van der Waals surface area contributed by atoms with Crippen LogP contribution in [0.1, 0.15) is 0 Å². The van der Waals surface area contributed by atoms with E-state index >= 15 is 0 Å². The smallest absolute Gasteiger partial charge is 0.224 e. The number of ether oxygens (including phenoxy) is 1. The summed E-state index contributed by atoms with van der Waals surface area (Å²) in [5, 5.41) is 0.749. The van der Waals surface area contributed by atoms with Gasteiger partial charge in [-0.05, 0) is 47.5 Å². The zero-order valence-corrected chi connectivity index (χ0v) is 17.3. The summed E-state index contributed by atoms with van der Waals surface area (Å²) in [6, 6.07) is 13.8. The van der Waals surface area contributed by atoms with Gasteiger partial charge < -0.3 is 15.4 Å². The van der Waals surface area contributed by atoms with Crippen LogP contribution < -0.4 is 15.4 Å². The average molecular weight is 429 g/mol. The van der Waals surface area contributed by atoms with Gasteiger partial charge in [-0.25, -0.2) is 14.4 Å². The molecule has 2 aromatic heterocycles. The fourth-order valence-corrected chi connectivity index (χ4v) is 3.87. The Morgan fingerprint density at radius 3 is 2.59 bits per heavy atom. The Labute approximate surface area is 183 Å². The van der Waals surface area contributed by atoms with E-state index in [2.05, 4.69) is 4.98 Å². The lowest BCUT2D eigenvalue weighted by Gasteiger charge is -2.39. The molecule has 8 heteroatoms. The summed E-state index contributed by atoms with van der Waals surface area (Å²) in [5.74, 6) is 0.836. The minimum atomic E-state index is -0.329. The lowest BCUT2D eigenvalue weighted by atomic mass is 9.97. The highest BCUT2D eigenvalue weighted by Crippen LogP contribution is 2.38. The third kappa shape index (κ3) is 3.49.